The van der Waals surface area contributed by atoms with E-state index in [9.17, 15) is 0 Å². The smallest absolute Gasteiger partial charge is 0.132 e. The molecule has 102 valence electrons. The second kappa shape index (κ2) is 7.04. The van der Waals surface area contributed by atoms with Crippen LogP contribution in [0.3, 0.4) is 0 Å². The van der Waals surface area contributed by atoms with Crippen LogP contribution in [-0.2, 0) is 6.42 Å². The van der Waals surface area contributed by atoms with Crippen LogP contribution in [0.2, 0.25) is 0 Å². The highest BCUT2D eigenvalue weighted by molar-refractivity contribution is 5.48. The van der Waals surface area contributed by atoms with Gasteiger partial charge in [-0.15, -0.1) is 0 Å². The zero-order valence-electron chi connectivity index (χ0n) is 11.3. The van der Waals surface area contributed by atoms with Crippen LogP contribution >= 0.6 is 0 Å². The molecule has 6 heteroatoms. The van der Waals surface area contributed by atoms with Crippen molar-refractivity contribution in [3.8, 4) is 6.07 Å². The fraction of sp³-hybridized carbons (Fsp3) is 0.286. The minimum Gasteiger partial charge on any atom is -0.370 e. The first kappa shape index (κ1) is 13.7. The first-order valence-corrected chi connectivity index (χ1v) is 6.37. The van der Waals surface area contributed by atoms with Crippen LogP contribution in [0.5, 0.6) is 0 Å². The van der Waals surface area contributed by atoms with Crippen molar-refractivity contribution in [2.45, 2.75) is 13.3 Å². The first-order chi connectivity index (χ1) is 9.78. The van der Waals surface area contributed by atoms with Gasteiger partial charge in [-0.3, -0.25) is 4.98 Å². The maximum Gasteiger partial charge on any atom is 0.132 e. The molecule has 0 spiro atoms. The van der Waals surface area contributed by atoms with Crippen molar-refractivity contribution in [3.05, 3.63) is 42.0 Å². The molecule has 2 N–H and O–H groups in total. The topological polar surface area (TPSA) is 86.5 Å². The second-order valence-electron chi connectivity index (χ2n) is 4.23. The number of nitrogens with one attached hydrogen (secondary N) is 2. The van der Waals surface area contributed by atoms with Crippen LogP contribution in [-0.4, -0.2) is 28.0 Å². The summed E-state index contributed by atoms with van der Waals surface area (Å²) in [5.74, 6) is 2.08. The fourth-order valence-corrected chi connectivity index (χ4v) is 1.76. The Balaban J connectivity index is 1.92. The number of aryl methyl sites for hydroxylation is 1. The van der Waals surface area contributed by atoms with Gasteiger partial charge in [0.05, 0.1) is 6.07 Å². The Morgan fingerprint density at radius 2 is 1.85 bits per heavy atom. The minimum absolute atomic E-state index is 0.229. The van der Waals surface area contributed by atoms with E-state index in [0.29, 0.717) is 11.6 Å². The van der Waals surface area contributed by atoms with Crippen molar-refractivity contribution in [2.24, 2.45) is 0 Å². The first-order valence-electron chi connectivity index (χ1n) is 6.37. The Kier molecular flexibility index (Phi) is 4.84. The number of nitriles is 1. The monoisotopic (exact) mass is 268 g/mol. The predicted molar refractivity (Wildman–Crippen MR) is 77.3 cm³/mol. The molecule has 0 saturated heterocycles. The molecule has 2 rings (SSSR count). The molecular weight excluding hydrogens is 252 g/mol. The lowest BCUT2D eigenvalue weighted by Gasteiger charge is -2.08. The van der Waals surface area contributed by atoms with E-state index in [4.69, 9.17) is 5.26 Å². The summed E-state index contributed by atoms with van der Waals surface area (Å²) in [6.07, 6.45) is 4.47. The zero-order valence-corrected chi connectivity index (χ0v) is 11.3. The summed E-state index contributed by atoms with van der Waals surface area (Å²) in [5.41, 5.74) is 1.22. The van der Waals surface area contributed by atoms with Gasteiger partial charge in [0.2, 0.25) is 0 Å². The van der Waals surface area contributed by atoms with E-state index in [1.54, 1.807) is 18.5 Å². The Bertz CT molecular complexity index is 590. The normalized spacial score (nSPS) is 9.80. The molecule has 2 aromatic rings. The van der Waals surface area contributed by atoms with E-state index in [1.807, 2.05) is 25.1 Å². The van der Waals surface area contributed by atoms with E-state index in [1.165, 1.54) is 5.56 Å². The summed E-state index contributed by atoms with van der Waals surface area (Å²) >= 11 is 0. The van der Waals surface area contributed by atoms with Crippen molar-refractivity contribution in [1.29, 1.82) is 5.26 Å². The average molecular weight is 268 g/mol. The number of aromatic nitrogens is 3. The lowest BCUT2D eigenvalue weighted by Crippen LogP contribution is -2.09. The van der Waals surface area contributed by atoms with Crippen LogP contribution in [0.4, 0.5) is 11.6 Å². The van der Waals surface area contributed by atoms with Gasteiger partial charge in [0.1, 0.15) is 24.0 Å². The van der Waals surface area contributed by atoms with E-state index in [0.717, 1.165) is 18.8 Å². The summed E-state index contributed by atoms with van der Waals surface area (Å²) < 4.78 is 0. The van der Waals surface area contributed by atoms with Gasteiger partial charge < -0.3 is 10.6 Å². The molecule has 0 amide bonds. The van der Waals surface area contributed by atoms with Crippen molar-refractivity contribution < 1.29 is 0 Å². The summed E-state index contributed by atoms with van der Waals surface area (Å²) in [6, 6.07) is 7.81. The van der Waals surface area contributed by atoms with Gasteiger partial charge in [-0.25, -0.2) is 9.97 Å². The number of hydrogen-bond donors (Lipinski definition) is 2. The number of rotatable bonds is 6. The van der Waals surface area contributed by atoms with Gasteiger partial charge in [0.15, 0.2) is 0 Å². The molecule has 0 aromatic carbocycles. The molecule has 0 unspecified atom stereocenters. The Morgan fingerprint density at radius 1 is 1.15 bits per heavy atom. The molecule has 0 aliphatic carbocycles. The number of pyridine rings is 1. The maximum atomic E-state index is 8.56. The summed E-state index contributed by atoms with van der Waals surface area (Å²) in [4.78, 5) is 12.5. The highest BCUT2D eigenvalue weighted by Crippen LogP contribution is 2.11. The third-order valence-corrected chi connectivity index (χ3v) is 2.66. The quantitative estimate of drug-likeness (QED) is 0.776. The Labute approximate surface area is 117 Å². The average Bonchev–Trinajstić information content (AvgIpc) is 2.46. The van der Waals surface area contributed by atoms with Crippen molar-refractivity contribution in [2.75, 3.05) is 23.7 Å². The molecule has 6 nitrogen and oxygen atoms in total. The molecular formula is C14H16N6. The molecule has 0 saturated carbocycles. The molecule has 2 heterocycles. The molecule has 0 aliphatic rings. The fourth-order valence-electron chi connectivity index (χ4n) is 1.76. The number of nitrogens with zero attached hydrogens (tertiary/aromatic N) is 4. The van der Waals surface area contributed by atoms with Crippen LogP contribution < -0.4 is 10.6 Å². The van der Waals surface area contributed by atoms with Crippen LogP contribution in [0.15, 0.2) is 30.6 Å². The summed E-state index contributed by atoms with van der Waals surface area (Å²) in [5, 5.41) is 14.7. The van der Waals surface area contributed by atoms with Crippen LogP contribution in [0, 0.1) is 18.3 Å². The van der Waals surface area contributed by atoms with Crippen molar-refractivity contribution >= 4 is 11.6 Å². The SMILES string of the molecule is Cc1nc(NCC#N)cc(NCCc2ccncc2)n1. The van der Waals surface area contributed by atoms with E-state index in [2.05, 4.69) is 25.6 Å². The molecule has 2 aromatic heterocycles. The highest BCUT2D eigenvalue weighted by Gasteiger charge is 2.01. The van der Waals surface area contributed by atoms with Gasteiger partial charge >= 0.3 is 0 Å². The zero-order chi connectivity index (χ0) is 14.2. The number of hydrogen-bond acceptors (Lipinski definition) is 6. The molecule has 0 fully saturated rings. The molecule has 0 bridgehead atoms. The third kappa shape index (κ3) is 4.21. The van der Waals surface area contributed by atoms with Gasteiger partial charge in [-0.2, -0.15) is 5.26 Å². The van der Waals surface area contributed by atoms with Crippen LogP contribution in [0.1, 0.15) is 11.4 Å². The van der Waals surface area contributed by atoms with Gasteiger partial charge in [-0.1, -0.05) is 0 Å². The van der Waals surface area contributed by atoms with E-state index < -0.39 is 0 Å². The molecule has 0 atom stereocenters. The Hall–Kier alpha value is -2.68. The van der Waals surface area contributed by atoms with Gasteiger partial charge in [-0.05, 0) is 31.0 Å². The third-order valence-electron chi connectivity index (χ3n) is 2.66. The summed E-state index contributed by atoms with van der Waals surface area (Å²) in [6.45, 7) is 2.83. The predicted octanol–water partition coefficient (Wildman–Crippen LogP) is 1.77. The lowest BCUT2D eigenvalue weighted by molar-refractivity contribution is 0.977. The number of anilines is 2. The Morgan fingerprint density at radius 3 is 2.55 bits per heavy atom. The highest BCUT2D eigenvalue weighted by atomic mass is 15.1. The van der Waals surface area contributed by atoms with Crippen molar-refractivity contribution in [1.82, 2.24) is 15.0 Å². The van der Waals surface area contributed by atoms with Crippen LogP contribution in [0.25, 0.3) is 0 Å². The molecule has 0 radical (unpaired) electrons. The largest absolute Gasteiger partial charge is 0.370 e. The lowest BCUT2D eigenvalue weighted by atomic mass is 10.2. The molecule has 0 aliphatic heterocycles. The van der Waals surface area contributed by atoms with Gasteiger partial charge in [0, 0.05) is 25.0 Å². The standard InChI is InChI=1S/C14H16N6/c1-11-19-13(10-14(20-11)18-9-5-15)17-8-4-12-2-6-16-7-3-12/h2-3,6-7,10H,4,8-9H2,1H3,(H2,17,18,19,20). The minimum atomic E-state index is 0.229. The molecule has 20 heavy (non-hydrogen) atoms. The second-order valence-corrected chi connectivity index (χ2v) is 4.23. The van der Waals surface area contributed by atoms with Crippen molar-refractivity contribution in [3.63, 3.8) is 0 Å². The van der Waals surface area contributed by atoms with E-state index >= 15 is 0 Å². The summed E-state index contributed by atoms with van der Waals surface area (Å²) in [7, 11) is 0. The maximum absolute atomic E-state index is 8.56. The van der Waals surface area contributed by atoms with Gasteiger partial charge in [0.25, 0.3) is 0 Å². The van der Waals surface area contributed by atoms with E-state index in [-0.39, 0.29) is 6.54 Å².